The molecular formula is C21H28F2N4OS. The van der Waals surface area contributed by atoms with Crippen molar-refractivity contribution in [1.82, 2.24) is 9.97 Å². The van der Waals surface area contributed by atoms with Gasteiger partial charge in [0.15, 0.2) is 5.17 Å². The van der Waals surface area contributed by atoms with E-state index in [1.165, 1.54) is 23.9 Å². The molecule has 1 aliphatic heterocycles. The van der Waals surface area contributed by atoms with E-state index in [0.717, 1.165) is 18.2 Å². The van der Waals surface area contributed by atoms with Gasteiger partial charge in [0.25, 0.3) is 0 Å². The van der Waals surface area contributed by atoms with Crippen LogP contribution in [0.4, 0.5) is 8.78 Å². The fourth-order valence-electron chi connectivity index (χ4n) is 3.25. The van der Waals surface area contributed by atoms with Crippen molar-refractivity contribution in [3.63, 3.8) is 0 Å². The number of aliphatic imine (C=N–C) groups is 1. The molecule has 2 N–H and O–H groups in total. The summed E-state index contributed by atoms with van der Waals surface area (Å²) in [5.74, 6) is -0.581. The minimum atomic E-state index is -1.00. The van der Waals surface area contributed by atoms with Crippen LogP contribution in [-0.2, 0) is 16.9 Å². The van der Waals surface area contributed by atoms with Gasteiger partial charge in [0, 0.05) is 23.6 Å². The first-order valence-corrected chi connectivity index (χ1v) is 10.7. The zero-order valence-corrected chi connectivity index (χ0v) is 18.1. The van der Waals surface area contributed by atoms with Gasteiger partial charge in [0.1, 0.15) is 17.2 Å². The zero-order valence-electron chi connectivity index (χ0n) is 17.3. The lowest BCUT2D eigenvalue weighted by molar-refractivity contribution is 0.0469. The second-order valence-corrected chi connectivity index (χ2v) is 7.60. The maximum absolute atomic E-state index is 14.7. The molecule has 0 aliphatic carbocycles. The smallest absolute Gasteiger partial charge is 0.154 e. The summed E-state index contributed by atoms with van der Waals surface area (Å²) in [5.41, 5.74) is 6.77. The summed E-state index contributed by atoms with van der Waals surface area (Å²) in [7, 11) is 0. The highest BCUT2D eigenvalue weighted by Gasteiger charge is 2.44. The molecule has 0 radical (unpaired) electrons. The van der Waals surface area contributed by atoms with Crippen LogP contribution in [0, 0.1) is 24.5 Å². The van der Waals surface area contributed by atoms with Crippen LogP contribution in [0.5, 0.6) is 0 Å². The predicted octanol–water partition coefficient (Wildman–Crippen LogP) is 4.59. The van der Waals surface area contributed by atoms with E-state index in [1.54, 1.807) is 12.4 Å². The van der Waals surface area contributed by atoms with Crippen molar-refractivity contribution in [2.45, 2.75) is 46.3 Å². The Morgan fingerprint density at radius 2 is 2.00 bits per heavy atom. The summed E-state index contributed by atoms with van der Waals surface area (Å²) in [6.45, 7) is 8.21. The number of nitrogens with two attached hydrogens (primary N) is 1. The van der Waals surface area contributed by atoms with Gasteiger partial charge in [-0.15, -0.1) is 0 Å². The lowest BCUT2D eigenvalue weighted by Gasteiger charge is -2.40. The highest BCUT2D eigenvalue weighted by molar-refractivity contribution is 8.13. The highest BCUT2D eigenvalue weighted by atomic mass is 32.2. The van der Waals surface area contributed by atoms with Crippen LogP contribution in [0.25, 0.3) is 0 Å². The first-order valence-electron chi connectivity index (χ1n) is 9.73. The van der Waals surface area contributed by atoms with E-state index in [0.29, 0.717) is 22.2 Å². The van der Waals surface area contributed by atoms with Crippen LogP contribution < -0.4 is 5.73 Å². The van der Waals surface area contributed by atoms with Crippen molar-refractivity contribution >= 4 is 16.9 Å². The first kappa shape index (κ1) is 23.2. The molecule has 0 unspecified atom stereocenters. The van der Waals surface area contributed by atoms with Gasteiger partial charge in [-0.25, -0.2) is 13.8 Å². The van der Waals surface area contributed by atoms with Crippen molar-refractivity contribution in [2.75, 3.05) is 12.4 Å². The van der Waals surface area contributed by atoms with Crippen LogP contribution in [0.1, 0.15) is 44.1 Å². The summed E-state index contributed by atoms with van der Waals surface area (Å²) >= 11 is 1.44. The van der Waals surface area contributed by atoms with E-state index >= 15 is 0 Å². The molecule has 1 aromatic carbocycles. The zero-order chi connectivity index (χ0) is 21.4. The minimum Gasteiger partial charge on any atom is -0.379 e. The monoisotopic (exact) mass is 422 g/mol. The number of ether oxygens (including phenoxy) is 1. The number of thioether (sulfide) groups is 1. The molecule has 0 fully saturated rings. The van der Waals surface area contributed by atoms with Crippen LogP contribution in [0.2, 0.25) is 0 Å². The third-order valence-corrected chi connectivity index (χ3v) is 5.67. The number of aromatic nitrogens is 2. The topological polar surface area (TPSA) is 73.4 Å². The average Bonchev–Trinajstić information content (AvgIpc) is 2.71. The van der Waals surface area contributed by atoms with Crippen molar-refractivity contribution in [2.24, 2.45) is 16.6 Å². The van der Waals surface area contributed by atoms with Crippen molar-refractivity contribution in [3.05, 3.63) is 59.2 Å². The summed E-state index contributed by atoms with van der Waals surface area (Å²) in [6.07, 6.45) is 4.07. The third kappa shape index (κ3) is 5.51. The van der Waals surface area contributed by atoms with E-state index < -0.39 is 17.2 Å². The van der Waals surface area contributed by atoms with Crippen molar-refractivity contribution < 1.29 is 13.5 Å². The Morgan fingerprint density at radius 1 is 1.24 bits per heavy atom. The van der Waals surface area contributed by atoms with E-state index in [2.05, 4.69) is 15.0 Å². The number of halogens is 2. The van der Waals surface area contributed by atoms with E-state index in [9.17, 15) is 8.78 Å². The molecule has 1 aliphatic rings. The largest absolute Gasteiger partial charge is 0.379 e. The Bertz CT molecular complexity index is 832. The van der Waals surface area contributed by atoms with Crippen LogP contribution in [-0.4, -0.2) is 27.5 Å². The normalized spacial score (nSPS) is 21.2. The second-order valence-electron chi connectivity index (χ2n) is 6.56. The fourth-order valence-corrected chi connectivity index (χ4v) is 4.36. The van der Waals surface area contributed by atoms with Gasteiger partial charge in [-0.05, 0) is 25.3 Å². The second kappa shape index (κ2) is 10.6. The molecule has 2 aromatic rings. The van der Waals surface area contributed by atoms with E-state index in [-0.39, 0.29) is 19.1 Å². The number of hydrogen-bond donors (Lipinski definition) is 1. The van der Waals surface area contributed by atoms with Crippen LogP contribution >= 0.6 is 11.8 Å². The molecule has 0 bridgehead atoms. The maximum Gasteiger partial charge on any atom is 0.154 e. The molecule has 158 valence electrons. The third-order valence-electron chi connectivity index (χ3n) is 4.71. The molecule has 1 aromatic heterocycles. The number of hydrogen-bond acceptors (Lipinski definition) is 6. The van der Waals surface area contributed by atoms with Gasteiger partial charge >= 0.3 is 0 Å². The molecule has 0 saturated heterocycles. The average molecular weight is 423 g/mol. The highest BCUT2D eigenvalue weighted by Crippen LogP contribution is 2.43. The molecule has 2 atom stereocenters. The Balaban J connectivity index is 0.00000145. The lowest BCUT2D eigenvalue weighted by Crippen LogP contribution is -2.44. The summed E-state index contributed by atoms with van der Waals surface area (Å²) in [4.78, 5) is 13.1. The molecule has 0 spiro atoms. The lowest BCUT2D eigenvalue weighted by atomic mass is 9.78. The molecule has 2 heterocycles. The Hall–Kier alpha value is -2.06. The summed E-state index contributed by atoms with van der Waals surface area (Å²) in [5, 5.41) is 0.377. The van der Waals surface area contributed by atoms with Gasteiger partial charge in [-0.3, -0.25) is 9.97 Å². The number of rotatable bonds is 6. The quantitative estimate of drug-likeness (QED) is 0.737. The number of nitrogens with zero attached hydrogens (tertiary/aromatic N) is 3. The number of benzene rings is 1. The Kier molecular flexibility index (Phi) is 8.52. The SMILES string of the molecule is CC.CC[C@@H]1CSC(N)=N[C@@]1(COCc1cnc(C)cn1)c1ccc(F)cc1F. The Labute approximate surface area is 175 Å². The molecule has 0 saturated carbocycles. The molecular weight excluding hydrogens is 394 g/mol. The molecule has 5 nitrogen and oxygen atoms in total. The summed E-state index contributed by atoms with van der Waals surface area (Å²) in [6, 6.07) is 3.56. The number of amidine groups is 1. The van der Waals surface area contributed by atoms with Crippen molar-refractivity contribution in [1.29, 1.82) is 0 Å². The fraction of sp³-hybridized carbons (Fsp3) is 0.476. The van der Waals surface area contributed by atoms with Gasteiger partial charge in [0.2, 0.25) is 0 Å². The summed E-state index contributed by atoms with van der Waals surface area (Å²) < 4.78 is 34.0. The van der Waals surface area contributed by atoms with E-state index in [4.69, 9.17) is 10.5 Å². The van der Waals surface area contributed by atoms with Gasteiger partial charge in [0.05, 0.1) is 30.8 Å². The first-order chi connectivity index (χ1) is 13.9. The van der Waals surface area contributed by atoms with Crippen LogP contribution in [0.15, 0.2) is 35.6 Å². The van der Waals surface area contributed by atoms with Gasteiger partial charge in [-0.2, -0.15) is 0 Å². The molecule has 0 amide bonds. The van der Waals surface area contributed by atoms with Gasteiger partial charge < -0.3 is 10.5 Å². The van der Waals surface area contributed by atoms with Crippen LogP contribution in [0.3, 0.4) is 0 Å². The van der Waals surface area contributed by atoms with Crippen molar-refractivity contribution in [3.8, 4) is 0 Å². The maximum atomic E-state index is 14.7. The molecule has 29 heavy (non-hydrogen) atoms. The van der Waals surface area contributed by atoms with E-state index in [1.807, 2.05) is 27.7 Å². The minimum absolute atomic E-state index is 0.00105. The molecule has 3 rings (SSSR count). The molecule has 8 heteroatoms. The number of aryl methyl sites for hydroxylation is 1. The predicted molar refractivity (Wildman–Crippen MR) is 114 cm³/mol. The standard InChI is InChI=1S/C19H22F2N4OS.C2H6/c1-3-13-10-27-18(22)25-19(13,16-5-4-14(20)6-17(16)21)11-26-9-15-8-23-12(2)7-24-15;1-2/h4-8,13H,3,9-11H2,1-2H3,(H2,22,25);1-2H3/t13-,19-;/m1./s1. The Morgan fingerprint density at radius 3 is 2.62 bits per heavy atom. The van der Waals surface area contributed by atoms with Gasteiger partial charge in [-0.1, -0.05) is 38.6 Å².